The summed E-state index contributed by atoms with van der Waals surface area (Å²) in [6, 6.07) is -0.919. The summed E-state index contributed by atoms with van der Waals surface area (Å²) in [4.78, 5) is 39.8. The van der Waals surface area contributed by atoms with E-state index < -0.39 is 32.5 Å². The standard InChI is InChI=1S/C60H109N2O7P/c1-7-10-13-16-19-22-25-28-30-31-32-35-38-41-44-47-50-53-60(64)69-58(51-48-45-42-39-36-33-27-24-21-18-15-12-9-3)57(56-68-70(65,66)67-55-54-62(4,5)6)61-59(63)52-49-46-43-40-37-34-29-26-23-20-17-14-11-8-2/h19,22,28,30,32,34-35,37,41,44,48,51,57-58H,7-18,20-21,23-27,29,31,33,36,38-40,42-43,45-47,49-50,52-56H2,1-6H3,(H-,61,63,65,66)/b22-19-,30-28-,35-32-,37-34-,44-41-,51-48+. The van der Waals surface area contributed by atoms with E-state index in [4.69, 9.17) is 13.8 Å². The number of nitrogens with zero attached hydrogens (tertiary/aromatic N) is 1. The van der Waals surface area contributed by atoms with Crippen LogP contribution in [0.3, 0.4) is 0 Å². The van der Waals surface area contributed by atoms with Gasteiger partial charge in [-0.2, -0.15) is 0 Å². The lowest BCUT2D eigenvalue weighted by molar-refractivity contribution is -0.870. The van der Waals surface area contributed by atoms with Gasteiger partial charge in [0.05, 0.1) is 33.8 Å². The number of allylic oxidation sites excluding steroid dienone is 11. The molecule has 0 rings (SSSR count). The number of phosphoric ester groups is 1. The average Bonchev–Trinajstić information content (AvgIpc) is 3.32. The fourth-order valence-electron chi connectivity index (χ4n) is 7.86. The molecule has 3 atom stereocenters. The highest BCUT2D eigenvalue weighted by atomic mass is 31.2. The number of phosphoric acid groups is 1. The second-order valence-electron chi connectivity index (χ2n) is 20.4. The Balaban J connectivity index is 5.50. The molecule has 1 amide bonds. The number of likely N-dealkylation sites (N-methyl/N-ethyl adjacent to an activating group) is 1. The Bertz CT molecular complexity index is 1430. The van der Waals surface area contributed by atoms with Gasteiger partial charge in [-0.3, -0.25) is 14.2 Å². The Morgan fingerprint density at radius 3 is 1.37 bits per heavy atom. The Morgan fingerprint density at radius 2 is 0.886 bits per heavy atom. The van der Waals surface area contributed by atoms with Crippen molar-refractivity contribution >= 4 is 19.7 Å². The number of esters is 1. The van der Waals surface area contributed by atoms with Gasteiger partial charge in [0.1, 0.15) is 19.3 Å². The largest absolute Gasteiger partial charge is 0.756 e. The van der Waals surface area contributed by atoms with Crippen molar-refractivity contribution in [2.45, 2.75) is 258 Å². The minimum Gasteiger partial charge on any atom is -0.756 e. The van der Waals surface area contributed by atoms with Crippen molar-refractivity contribution in [3.8, 4) is 0 Å². The molecule has 0 aromatic carbocycles. The summed E-state index contributed by atoms with van der Waals surface area (Å²) in [6.07, 6.45) is 63.0. The van der Waals surface area contributed by atoms with Crippen molar-refractivity contribution < 1.29 is 37.3 Å². The van der Waals surface area contributed by atoms with E-state index in [0.717, 1.165) is 70.6 Å². The van der Waals surface area contributed by atoms with Crippen molar-refractivity contribution in [3.05, 3.63) is 72.9 Å². The molecule has 0 aliphatic carbocycles. The van der Waals surface area contributed by atoms with E-state index in [2.05, 4.69) is 86.8 Å². The van der Waals surface area contributed by atoms with Crippen molar-refractivity contribution in [2.75, 3.05) is 40.9 Å². The van der Waals surface area contributed by atoms with E-state index in [1.165, 1.54) is 128 Å². The van der Waals surface area contributed by atoms with Gasteiger partial charge in [-0.05, 0) is 96.0 Å². The molecule has 1 N–H and O–H groups in total. The van der Waals surface area contributed by atoms with E-state index in [0.29, 0.717) is 23.9 Å². The van der Waals surface area contributed by atoms with E-state index in [9.17, 15) is 19.0 Å². The lowest BCUT2D eigenvalue weighted by atomic mass is 10.0. The quantitative estimate of drug-likeness (QED) is 0.0212. The molecule has 0 aromatic rings. The van der Waals surface area contributed by atoms with Gasteiger partial charge < -0.3 is 28.5 Å². The zero-order chi connectivity index (χ0) is 51.5. The van der Waals surface area contributed by atoms with E-state index in [1.807, 2.05) is 33.3 Å². The first-order valence-corrected chi connectivity index (χ1v) is 30.2. The second-order valence-corrected chi connectivity index (χ2v) is 21.8. The summed E-state index contributed by atoms with van der Waals surface area (Å²) in [5.74, 6) is -0.626. The maximum atomic E-state index is 13.5. The third-order valence-electron chi connectivity index (χ3n) is 12.4. The SMILES string of the molecule is CCCCC/C=C\C/C=C\C/C=C\C/C=C\CCCC(=O)OC(/C=C/CCCCCCCCCCCCC)C(COP(=O)([O-])OCC[N+](C)(C)C)NC(=O)CCCCC/C=C\CCCCCCCCC. The van der Waals surface area contributed by atoms with Crippen LogP contribution in [-0.4, -0.2) is 69.4 Å². The third kappa shape index (κ3) is 50.4. The van der Waals surface area contributed by atoms with E-state index >= 15 is 0 Å². The number of hydrogen-bond donors (Lipinski definition) is 1. The van der Waals surface area contributed by atoms with Crippen LogP contribution in [0.4, 0.5) is 0 Å². The van der Waals surface area contributed by atoms with Crippen LogP contribution in [0.1, 0.15) is 245 Å². The minimum absolute atomic E-state index is 0.0354. The molecule has 0 saturated heterocycles. The Labute approximate surface area is 432 Å². The number of quaternary nitrogens is 1. The van der Waals surface area contributed by atoms with Gasteiger partial charge in [0, 0.05) is 12.8 Å². The van der Waals surface area contributed by atoms with Gasteiger partial charge in [0.2, 0.25) is 5.91 Å². The van der Waals surface area contributed by atoms with Gasteiger partial charge >= 0.3 is 5.97 Å². The molecular weight excluding hydrogens is 892 g/mol. The predicted molar refractivity (Wildman–Crippen MR) is 298 cm³/mol. The van der Waals surface area contributed by atoms with Crippen LogP contribution in [0.2, 0.25) is 0 Å². The normalized spacial score (nSPS) is 14.3. The van der Waals surface area contributed by atoms with Crippen LogP contribution in [0.15, 0.2) is 72.9 Å². The van der Waals surface area contributed by atoms with E-state index in [1.54, 1.807) is 0 Å². The summed E-state index contributed by atoms with van der Waals surface area (Å²) >= 11 is 0. The number of unbranched alkanes of at least 4 members (excludes halogenated alkanes) is 25. The van der Waals surface area contributed by atoms with Crippen molar-refractivity contribution in [2.24, 2.45) is 0 Å². The van der Waals surface area contributed by atoms with Crippen LogP contribution < -0.4 is 10.2 Å². The molecule has 10 heteroatoms. The lowest BCUT2D eigenvalue weighted by Gasteiger charge is -2.30. The van der Waals surface area contributed by atoms with Crippen LogP contribution in [-0.2, 0) is 27.9 Å². The fraction of sp³-hybridized carbons (Fsp3) is 0.767. The molecule has 0 saturated carbocycles. The first-order valence-electron chi connectivity index (χ1n) is 28.7. The molecule has 0 spiro atoms. The molecule has 70 heavy (non-hydrogen) atoms. The number of amides is 1. The zero-order valence-electron chi connectivity index (χ0n) is 46.2. The lowest BCUT2D eigenvalue weighted by Crippen LogP contribution is -2.47. The van der Waals surface area contributed by atoms with Gasteiger partial charge in [0.25, 0.3) is 7.82 Å². The summed E-state index contributed by atoms with van der Waals surface area (Å²) in [7, 11) is 1.14. The summed E-state index contributed by atoms with van der Waals surface area (Å²) in [5.41, 5.74) is 0. The molecule has 0 bridgehead atoms. The number of carbonyl (C=O) groups is 2. The van der Waals surface area contributed by atoms with Gasteiger partial charge in [-0.15, -0.1) is 0 Å². The van der Waals surface area contributed by atoms with Gasteiger partial charge in [0.15, 0.2) is 0 Å². The molecule has 9 nitrogen and oxygen atoms in total. The molecule has 0 heterocycles. The molecule has 0 aliphatic rings. The number of rotatable bonds is 51. The monoisotopic (exact) mass is 1000 g/mol. The summed E-state index contributed by atoms with van der Waals surface area (Å²) < 4.78 is 30.2. The first-order chi connectivity index (χ1) is 33.9. The van der Waals surface area contributed by atoms with Crippen molar-refractivity contribution in [3.63, 3.8) is 0 Å². The highest BCUT2D eigenvalue weighted by Crippen LogP contribution is 2.38. The maximum Gasteiger partial charge on any atom is 0.306 e. The molecule has 0 aliphatic heterocycles. The number of hydrogen-bond acceptors (Lipinski definition) is 7. The van der Waals surface area contributed by atoms with Crippen molar-refractivity contribution in [1.82, 2.24) is 5.32 Å². The van der Waals surface area contributed by atoms with Crippen LogP contribution in [0.5, 0.6) is 0 Å². The molecular formula is C60H109N2O7P. The fourth-order valence-corrected chi connectivity index (χ4v) is 8.58. The van der Waals surface area contributed by atoms with Gasteiger partial charge in [-0.1, -0.05) is 210 Å². The van der Waals surface area contributed by atoms with Crippen LogP contribution in [0.25, 0.3) is 0 Å². The van der Waals surface area contributed by atoms with Crippen molar-refractivity contribution in [1.29, 1.82) is 0 Å². The topological polar surface area (TPSA) is 114 Å². The highest BCUT2D eigenvalue weighted by Gasteiger charge is 2.27. The number of carbonyl (C=O) groups excluding carboxylic acids is 2. The second kappa shape index (κ2) is 50.0. The van der Waals surface area contributed by atoms with Gasteiger partial charge in [-0.25, -0.2) is 0 Å². The summed E-state index contributed by atoms with van der Waals surface area (Å²) in [5, 5.41) is 2.99. The highest BCUT2D eigenvalue weighted by molar-refractivity contribution is 7.45. The zero-order valence-corrected chi connectivity index (χ0v) is 47.1. The minimum atomic E-state index is -4.71. The van der Waals surface area contributed by atoms with Crippen LogP contribution >= 0.6 is 7.82 Å². The third-order valence-corrected chi connectivity index (χ3v) is 13.3. The smallest absolute Gasteiger partial charge is 0.306 e. The van der Waals surface area contributed by atoms with E-state index in [-0.39, 0.29) is 25.4 Å². The number of ether oxygens (including phenoxy) is 1. The number of nitrogens with one attached hydrogen (secondary N) is 1. The Morgan fingerprint density at radius 1 is 0.500 bits per heavy atom. The molecule has 0 aromatic heterocycles. The maximum absolute atomic E-state index is 13.5. The van der Waals surface area contributed by atoms with Crippen LogP contribution in [0, 0.1) is 0 Å². The first kappa shape index (κ1) is 67.5. The molecule has 3 unspecified atom stereocenters. The average molecular weight is 1000 g/mol. The molecule has 0 radical (unpaired) electrons. The molecule has 406 valence electrons. The summed E-state index contributed by atoms with van der Waals surface area (Å²) in [6.45, 7) is 6.75. The Hall–Kier alpha value is -2.55. The predicted octanol–water partition coefficient (Wildman–Crippen LogP) is 16.6. The molecule has 0 fully saturated rings. The Kier molecular flexibility index (Phi) is 48.2.